The molecule has 1 saturated carbocycles. The molecule has 1 aromatic carbocycles. The number of hydrogen-bond acceptors (Lipinski definition) is 4. The Balaban J connectivity index is 2.24. The van der Waals surface area contributed by atoms with E-state index in [4.69, 9.17) is 11.0 Å². The van der Waals surface area contributed by atoms with Crippen molar-refractivity contribution in [1.29, 1.82) is 5.26 Å². The molecule has 6 heteroatoms. The molecule has 0 heterocycles. The normalized spacial score (nSPS) is 23.3. The molecule has 0 bridgehead atoms. The second kappa shape index (κ2) is 6.56. The molecular weight excluding hydrogens is 286 g/mol. The first kappa shape index (κ1) is 16.0. The van der Waals surface area contributed by atoms with Crippen molar-refractivity contribution in [3.8, 4) is 6.07 Å². The molecule has 21 heavy (non-hydrogen) atoms. The van der Waals surface area contributed by atoms with Crippen LogP contribution >= 0.6 is 0 Å². The average Bonchev–Trinajstić information content (AvgIpc) is 2.63. The number of nitrogens with zero attached hydrogens (tertiary/aromatic N) is 1. The summed E-state index contributed by atoms with van der Waals surface area (Å²) >= 11 is 0. The highest BCUT2D eigenvalue weighted by Crippen LogP contribution is 2.21. The first-order chi connectivity index (χ1) is 9.94. The minimum Gasteiger partial charge on any atom is -0.326 e. The highest BCUT2D eigenvalue weighted by Gasteiger charge is 2.27. The third-order valence-corrected chi connectivity index (χ3v) is 5.62. The van der Waals surface area contributed by atoms with Gasteiger partial charge in [0, 0.05) is 12.1 Å². The maximum Gasteiger partial charge on any atom is 0.241 e. The van der Waals surface area contributed by atoms with Gasteiger partial charge in [-0.3, -0.25) is 0 Å². The van der Waals surface area contributed by atoms with E-state index in [9.17, 15) is 8.42 Å². The largest absolute Gasteiger partial charge is 0.326 e. The van der Waals surface area contributed by atoms with E-state index in [0.717, 1.165) is 32.1 Å². The van der Waals surface area contributed by atoms with E-state index in [1.807, 2.05) is 6.07 Å². The summed E-state index contributed by atoms with van der Waals surface area (Å²) in [5.41, 5.74) is 7.11. The van der Waals surface area contributed by atoms with Crippen LogP contribution in [-0.2, 0) is 10.0 Å². The van der Waals surface area contributed by atoms with Crippen molar-refractivity contribution < 1.29 is 8.42 Å². The predicted octanol–water partition coefficient (Wildman–Crippen LogP) is 1.80. The quantitative estimate of drug-likeness (QED) is 0.832. The summed E-state index contributed by atoms with van der Waals surface area (Å²) in [6.45, 7) is 1.70. The molecule has 3 N–H and O–H groups in total. The Labute approximate surface area is 126 Å². The zero-order valence-corrected chi connectivity index (χ0v) is 13.0. The lowest BCUT2D eigenvalue weighted by Gasteiger charge is -2.23. The van der Waals surface area contributed by atoms with Crippen LogP contribution < -0.4 is 10.5 Å². The number of benzene rings is 1. The predicted molar refractivity (Wildman–Crippen MR) is 81.1 cm³/mol. The van der Waals surface area contributed by atoms with Crippen molar-refractivity contribution in [2.45, 2.75) is 56.0 Å². The second-order valence-electron chi connectivity index (χ2n) is 5.62. The van der Waals surface area contributed by atoms with E-state index in [-0.39, 0.29) is 17.0 Å². The van der Waals surface area contributed by atoms with Gasteiger partial charge in [0.05, 0.1) is 16.5 Å². The lowest BCUT2D eigenvalue weighted by Crippen LogP contribution is -2.46. The summed E-state index contributed by atoms with van der Waals surface area (Å²) in [6, 6.07) is 6.25. The molecular formula is C15H21N3O2S. The summed E-state index contributed by atoms with van der Waals surface area (Å²) < 4.78 is 27.8. The van der Waals surface area contributed by atoms with E-state index < -0.39 is 10.0 Å². The molecule has 1 aliphatic carbocycles. The lowest BCUT2D eigenvalue weighted by molar-refractivity contribution is 0.456. The molecule has 0 radical (unpaired) electrons. The van der Waals surface area contributed by atoms with Gasteiger partial charge in [-0.1, -0.05) is 19.3 Å². The van der Waals surface area contributed by atoms with E-state index in [1.54, 1.807) is 13.0 Å². The summed E-state index contributed by atoms with van der Waals surface area (Å²) in [5, 5.41) is 8.85. The van der Waals surface area contributed by atoms with E-state index in [2.05, 4.69) is 4.72 Å². The smallest absolute Gasteiger partial charge is 0.241 e. The first-order valence-corrected chi connectivity index (χ1v) is 8.71. The van der Waals surface area contributed by atoms with Crippen molar-refractivity contribution in [2.75, 3.05) is 0 Å². The number of nitrogens with two attached hydrogens (primary N) is 1. The van der Waals surface area contributed by atoms with Gasteiger partial charge in [0.15, 0.2) is 0 Å². The molecule has 114 valence electrons. The number of sulfonamides is 1. The van der Waals surface area contributed by atoms with Crippen molar-refractivity contribution >= 4 is 10.0 Å². The molecule has 0 aromatic heterocycles. The van der Waals surface area contributed by atoms with Crippen LogP contribution in [0.5, 0.6) is 0 Å². The summed E-state index contributed by atoms with van der Waals surface area (Å²) in [4.78, 5) is 0.220. The van der Waals surface area contributed by atoms with Crippen LogP contribution in [0.15, 0.2) is 23.1 Å². The Bertz CT molecular complexity index is 649. The van der Waals surface area contributed by atoms with Crippen molar-refractivity contribution in [3.05, 3.63) is 29.3 Å². The number of nitrogens with one attached hydrogen (secondary N) is 1. The summed E-state index contributed by atoms with van der Waals surface area (Å²) in [6.07, 6.45) is 4.76. The van der Waals surface area contributed by atoms with E-state index in [1.165, 1.54) is 12.1 Å². The molecule has 0 spiro atoms. The standard InChI is InChI=1S/C15H21N3O2S/c1-11-9-12(10-16)7-8-15(11)21(19,20)18-14-6-4-2-3-5-13(14)17/h7-9,13-14,18H,2-6,17H2,1H3. The van der Waals surface area contributed by atoms with Crippen molar-refractivity contribution in [2.24, 2.45) is 5.73 Å². The summed E-state index contributed by atoms with van der Waals surface area (Å²) in [5.74, 6) is 0. The number of nitriles is 1. The maximum atomic E-state index is 12.5. The van der Waals surface area contributed by atoms with E-state index >= 15 is 0 Å². The first-order valence-electron chi connectivity index (χ1n) is 7.23. The van der Waals surface area contributed by atoms with Crippen molar-refractivity contribution in [1.82, 2.24) is 4.72 Å². The molecule has 0 amide bonds. The number of rotatable bonds is 3. The Kier molecular flexibility index (Phi) is 4.99. The molecule has 1 aromatic rings. The van der Waals surface area contributed by atoms with Gasteiger partial charge >= 0.3 is 0 Å². The second-order valence-corrected chi connectivity index (χ2v) is 7.30. The summed E-state index contributed by atoms with van der Waals surface area (Å²) in [7, 11) is -3.60. The Morgan fingerprint density at radius 2 is 2.00 bits per heavy atom. The van der Waals surface area contributed by atoms with Crippen LogP contribution in [0, 0.1) is 18.3 Å². The topological polar surface area (TPSA) is 96.0 Å². The molecule has 2 atom stereocenters. The minimum atomic E-state index is -3.60. The number of hydrogen-bond donors (Lipinski definition) is 2. The molecule has 2 unspecified atom stereocenters. The van der Waals surface area contributed by atoms with Gasteiger partial charge < -0.3 is 5.73 Å². The highest BCUT2D eigenvalue weighted by atomic mass is 32.2. The molecule has 1 aliphatic rings. The molecule has 0 aliphatic heterocycles. The number of aryl methyl sites for hydroxylation is 1. The van der Waals surface area contributed by atoms with Crippen LogP contribution in [0.2, 0.25) is 0 Å². The Hall–Kier alpha value is -1.42. The van der Waals surface area contributed by atoms with Gasteiger partial charge in [-0.2, -0.15) is 5.26 Å². The third kappa shape index (κ3) is 3.82. The van der Waals surface area contributed by atoms with Gasteiger partial charge in [0.1, 0.15) is 0 Å². The maximum absolute atomic E-state index is 12.5. The average molecular weight is 307 g/mol. The van der Waals surface area contributed by atoms with Gasteiger partial charge in [0.2, 0.25) is 10.0 Å². The Morgan fingerprint density at radius 1 is 1.29 bits per heavy atom. The third-order valence-electron chi connectivity index (χ3n) is 3.97. The molecule has 1 fully saturated rings. The fourth-order valence-corrected chi connectivity index (χ4v) is 4.31. The van der Waals surface area contributed by atoms with Crippen LogP contribution in [0.3, 0.4) is 0 Å². The zero-order chi connectivity index (χ0) is 15.5. The van der Waals surface area contributed by atoms with Gasteiger partial charge in [-0.25, -0.2) is 13.1 Å². The van der Waals surface area contributed by atoms with Crippen LogP contribution in [0.1, 0.15) is 43.2 Å². The fraction of sp³-hybridized carbons (Fsp3) is 0.533. The van der Waals surface area contributed by atoms with Crippen LogP contribution in [0.4, 0.5) is 0 Å². The van der Waals surface area contributed by atoms with Crippen molar-refractivity contribution in [3.63, 3.8) is 0 Å². The SMILES string of the molecule is Cc1cc(C#N)ccc1S(=O)(=O)NC1CCCCCC1N. The van der Waals surface area contributed by atoms with Gasteiger partial charge in [-0.15, -0.1) is 0 Å². The lowest BCUT2D eigenvalue weighted by atomic mass is 10.1. The van der Waals surface area contributed by atoms with Gasteiger partial charge in [-0.05, 0) is 43.5 Å². The molecule has 0 saturated heterocycles. The van der Waals surface area contributed by atoms with Crippen LogP contribution in [-0.4, -0.2) is 20.5 Å². The minimum absolute atomic E-state index is 0.138. The Morgan fingerprint density at radius 3 is 2.67 bits per heavy atom. The molecule has 2 rings (SSSR count). The monoisotopic (exact) mass is 307 g/mol. The van der Waals surface area contributed by atoms with Gasteiger partial charge in [0.25, 0.3) is 0 Å². The van der Waals surface area contributed by atoms with E-state index in [0.29, 0.717) is 11.1 Å². The van der Waals surface area contributed by atoms with Crippen LogP contribution in [0.25, 0.3) is 0 Å². The molecule has 5 nitrogen and oxygen atoms in total. The fourth-order valence-electron chi connectivity index (χ4n) is 2.77. The highest BCUT2D eigenvalue weighted by molar-refractivity contribution is 7.89. The zero-order valence-electron chi connectivity index (χ0n) is 12.2.